The van der Waals surface area contributed by atoms with E-state index >= 15 is 0 Å². The fraction of sp³-hybridized carbons (Fsp3) is 0.233. The Morgan fingerprint density at radius 2 is 1.58 bits per heavy atom. The van der Waals surface area contributed by atoms with Crippen LogP contribution < -0.4 is 4.74 Å². The predicted octanol–water partition coefficient (Wildman–Crippen LogP) is 4.89. The highest BCUT2D eigenvalue weighted by Gasteiger charge is 2.35. The van der Waals surface area contributed by atoms with Crippen LogP contribution in [0.3, 0.4) is 0 Å². The number of carbonyl (C=O) groups is 3. The van der Waals surface area contributed by atoms with Crippen LogP contribution in [0.5, 0.6) is 5.75 Å². The number of benzene rings is 3. The van der Waals surface area contributed by atoms with Crippen LogP contribution in [-0.4, -0.2) is 65.0 Å². The minimum Gasteiger partial charge on any atom is -0.497 e. The largest absolute Gasteiger partial charge is 0.497 e. The molecule has 0 saturated carbocycles. The Balaban J connectivity index is 1.20. The number of methoxy groups -OCH3 is 1. The molecule has 0 spiro atoms. The van der Waals surface area contributed by atoms with Gasteiger partial charge in [-0.05, 0) is 58.8 Å². The van der Waals surface area contributed by atoms with Crippen molar-refractivity contribution in [1.29, 1.82) is 0 Å². The van der Waals surface area contributed by atoms with Gasteiger partial charge >= 0.3 is 0 Å². The van der Waals surface area contributed by atoms with E-state index in [1.54, 1.807) is 25.3 Å². The van der Waals surface area contributed by atoms with Crippen molar-refractivity contribution in [3.8, 4) is 5.75 Å². The van der Waals surface area contributed by atoms with E-state index in [1.807, 2.05) is 59.5 Å². The summed E-state index contributed by atoms with van der Waals surface area (Å²) in [5, 5.41) is -0.287. The first-order valence-corrected chi connectivity index (χ1v) is 13.4. The Kier molecular flexibility index (Phi) is 7.91. The van der Waals surface area contributed by atoms with Crippen molar-refractivity contribution in [3.63, 3.8) is 0 Å². The van der Waals surface area contributed by atoms with Crippen molar-refractivity contribution >= 4 is 34.9 Å². The Hall–Kier alpha value is -3.88. The number of piperazine rings is 1. The molecule has 3 amide bonds. The van der Waals surface area contributed by atoms with Crippen LogP contribution in [0.25, 0.3) is 6.08 Å². The van der Waals surface area contributed by atoms with E-state index < -0.39 is 0 Å². The summed E-state index contributed by atoms with van der Waals surface area (Å²) in [5.41, 5.74) is 3.41. The van der Waals surface area contributed by atoms with Gasteiger partial charge in [0, 0.05) is 38.3 Å². The third kappa shape index (κ3) is 5.98. The lowest BCUT2D eigenvalue weighted by molar-refractivity contribution is -0.123. The zero-order chi connectivity index (χ0) is 26.5. The second-order valence-corrected chi connectivity index (χ2v) is 10.3. The van der Waals surface area contributed by atoms with Crippen molar-refractivity contribution in [2.45, 2.75) is 13.1 Å². The molecule has 2 aliphatic rings. The molecule has 2 fully saturated rings. The second-order valence-electron chi connectivity index (χ2n) is 9.30. The lowest BCUT2D eigenvalue weighted by Gasteiger charge is -2.34. The molecule has 0 unspecified atom stereocenters. The average molecular weight is 528 g/mol. The summed E-state index contributed by atoms with van der Waals surface area (Å²) in [6, 6.07) is 24.7. The maximum atomic E-state index is 13.2. The molecule has 0 aromatic heterocycles. The monoisotopic (exact) mass is 527 g/mol. The van der Waals surface area contributed by atoms with E-state index in [0.717, 1.165) is 48.3 Å². The SMILES string of the molecule is COc1ccc(CN2CCN(C(=O)c3cccc(C=C4SC(=O)N(Cc5ccccc5)C4=O)c3)CC2)cc1. The molecule has 38 heavy (non-hydrogen) atoms. The van der Waals surface area contributed by atoms with Crippen LogP contribution in [-0.2, 0) is 17.9 Å². The van der Waals surface area contributed by atoms with E-state index in [2.05, 4.69) is 17.0 Å². The molecule has 2 aliphatic heterocycles. The van der Waals surface area contributed by atoms with Gasteiger partial charge in [0.05, 0.1) is 18.6 Å². The number of imide groups is 1. The summed E-state index contributed by atoms with van der Waals surface area (Å²) >= 11 is 0.932. The molecule has 2 heterocycles. The molecular weight excluding hydrogens is 498 g/mol. The fourth-order valence-corrected chi connectivity index (χ4v) is 5.43. The zero-order valence-electron chi connectivity index (χ0n) is 21.2. The molecule has 3 aromatic rings. The molecule has 194 valence electrons. The van der Waals surface area contributed by atoms with Crippen LogP contribution in [0.15, 0.2) is 83.8 Å². The van der Waals surface area contributed by atoms with E-state index in [1.165, 1.54) is 10.5 Å². The molecule has 3 aromatic carbocycles. The minimum absolute atomic E-state index is 0.0264. The zero-order valence-corrected chi connectivity index (χ0v) is 22.0. The van der Waals surface area contributed by atoms with Gasteiger partial charge in [0.25, 0.3) is 17.1 Å². The van der Waals surface area contributed by atoms with Gasteiger partial charge in [-0.3, -0.25) is 24.2 Å². The molecule has 0 radical (unpaired) electrons. The van der Waals surface area contributed by atoms with Gasteiger partial charge in [-0.25, -0.2) is 0 Å². The highest BCUT2D eigenvalue weighted by molar-refractivity contribution is 8.18. The van der Waals surface area contributed by atoms with Gasteiger partial charge in [-0.1, -0.05) is 54.6 Å². The number of rotatable bonds is 7. The number of ether oxygens (including phenoxy) is 1. The third-order valence-corrected chi connectivity index (χ3v) is 7.62. The molecule has 0 atom stereocenters. The maximum absolute atomic E-state index is 13.2. The summed E-state index contributed by atoms with van der Waals surface area (Å²) in [6.07, 6.45) is 1.69. The first-order valence-electron chi connectivity index (χ1n) is 12.5. The Morgan fingerprint density at radius 1 is 0.868 bits per heavy atom. The fourth-order valence-electron chi connectivity index (χ4n) is 4.60. The standard InChI is InChI=1S/C30H29N3O4S/c1-37-26-12-10-23(11-13-26)20-31-14-16-32(17-15-31)28(34)25-9-5-8-24(18-25)19-27-29(35)33(30(36)38-27)21-22-6-3-2-4-7-22/h2-13,18-19H,14-17,20-21H2,1H3. The lowest BCUT2D eigenvalue weighted by Crippen LogP contribution is -2.48. The summed E-state index contributed by atoms with van der Waals surface area (Å²) in [6.45, 7) is 3.97. The molecule has 7 nitrogen and oxygen atoms in total. The number of amides is 3. The van der Waals surface area contributed by atoms with E-state index in [9.17, 15) is 14.4 Å². The van der Waals surface area contributed by atoms with Gasteiger partial charge in [-0.2, -0.15) is 0 Å². The molecule has 0 N–H and O–H groups in total. The second kappa shape index (κ2) is 11.7. The first-order chi connectivity index (χ1) is 18.5. The molecule has 0 bridgehead atoms. The highest BCUT2D eigenvalue weighted by Crippen LogP contribution is 2.33. The molecule has 8 heteroatoms. The number of thioether (sulfide) groups is 1. The van der Waals surface area contributed by atoms with E-state index in [-0.39, 0.29) is 23.6 Å². The Morgan fingerprint density at radius 3 is 2.29 bits per heavy atom. The number of nitrogens with zero attached hydrogens (tertiary/aromatic N) is 3. The smallest absolute Gasteiger partial charge is 0.293 e. The Labute approximate surface area is 226 Å². The van der Waals surface area contributed by atoms with Crippen molar-refractivity contribution in [3.05, 3.63) is 106 Å². The molecule has 5 rings (SSSR count). The molecule has 2 saturated heterocycles. The van der Waals surface area contributed by atoms with Crippen LogP contribution in [0, 0.1) is 0 Å². The van der Waals surface area contributed by atoms with Crippen molar-refractivity contribution in [2.24, 2.45) is 0 Å². The summed E-state index contributed by atoms with van der Waals surface area (Å²) in [5.74, 6) is 0.504. The van der Waals surface area contributed by atoms with Gasteiger partial charge < -0.3 is 9.64 Å². The quantitative estimate of drug-likeness (QED) is 0.408. The summed E-state index contributed by atoms with van der Waals surface area (Å²) < 4.78 is 5.23. The van der Waals surface area contributed by atoms with E-state index in [4.69, 9.17) is 4.74 Å². The number of carbonyl (C=O) groups excluding carboxylic acids is 3. The van der Waals surface area contributed by atoms with Crippen LogP contribution >= 0.6 is 11.8 Å². The van der Waals surface area contributed by atoms with Gasteiger partial charge in [-0.15, -0.1) is 0 Å². The average Bonchev–Trinajstić information content (AvgIpc) is 3.21. The van der Waals surface area contributed by atoms with Gasteiger partial charge in [0.2, 0.25) is 0 Å². The first kappa shape index (κ1) is 25.8. The van der Waals surface area contributed by atoms with E-state index in [0.29, 0.717) is 23.6 Å². The minimum atomic E-state index is -0.312. The van der Waals surface area contributed by atoms with Gasteiger partial charge in [0.1, 0.15) is 5.75 Å². The topological polar surface area (TPSA) is 70.2 Å². The summed E-state index contributed by atoms with van der Waals surface area (Å²) in [4.78, 5) is 44.5. The van der Waals surface area contributed by atoms with Crippen LogP contribution in [0.4, 0.5) is 4.79 Å². The van der Waals surface area contributed by atoms with Gasteiger partial charge in [0.15, 0.2) is 0 Å². The Bertz CT molecular complexity index is 1350. The summed E-state index contributed by atoms with van der Waals surface area (Å²) in [7, 11) is 1.66. The van der Waals surface area contributed by atoms with Crippen molar-refractivity contribution in [1.82, 2.24) is 14.7 Å². The third-order valence-electron chi connectivity index (χ3n) is 6.71. The molecular formula is C30H29N3O4S. The normalized spacial score (nSPS) is 17.3. The van der Waals surface area contributed by atoms with Crippen molar-refractivity contribution in [2.75, 3.05) is 33.3 Å². The highest BCUT2D eigenvalue weighted by atomic mass is 32.2. The van der Waals surface area contributed by atoms with Crippen LogP contribution in [0.1, 0.15) is 27.0 Å². The van der Waals surface area contributed by atoms with Crippen LogP contribution in [0.2, 0.25) is 0 Å². The lowest BCUT2D eigenvalue weighted by atomic mass is 10.1. The number of hydrogen-bond donors (Lipinski definition) is 0. The predicted molar refractivity (Wildman–Crippen MR) is 149 cm³/mol. The number of hydrogen-bond acceptors (Lipinski definition) is 6. The maximum Gasteiger partial charge on any atom is 0.293 e. The van der Waals surface area contributed by atoms with Crippen molar-refractivity contribution < 1.29 is 19.1 Å². The molecule has 0 aliphatic carbocycles.